The van der Waals surface area contributed by atoms with Crippen molar-refractivity contribution in [3.05, 3.63) is 23.8 Å². The van der Waals surface area contributed by atoms with Gasteiger partial charge in [0.05, 0.1) is 13.7 Å². The molecule has 0 fully saturated rings. The highest BCUT2D eigenvalue weighted by molar-refractivity contribution is 5.85. The first kappa shape index (κ1) is 18.3. The standard InChI is InChI=1S/C16H26N2O4/c1-15(2,3)22-14(19)18-11-7-8-12(13(9-11)20-6)16(4,5)10-21-17/h7-9H,10,17H2,1-6H3,(H,18,19). The molecule has 6 heteroatoms. The monoisotopic (exact) mass is 310 g/mol. The van der Waals surface area contributed by atoms with Gasteiger partial charge in [0.15, 0.2) is 0 Å². The third kappa shape index (κ3) is 5.20. The van der Waals surface area contributed by atoms with E-state index in [4.69, 9.17) is 20.2 Å². The van der Waals surface area contributed by atoms with Crippen molar-refractivity contribution in [1.29, 1.82) is 0 Å². The lowest BCUT2D eigenvalue weighted by Crippen LogP contribution is -2.28. The second-order valence-corrected chi connectivity index (χ2v) is 6.74. The molecule has 0 unspecified atom stereocenters. The van der Waals surface area contributed by atoms with E-state index in [0.717, 1.165) is 5.56 Å². The third-order valence-corrected chi connectivity index (χ3v) is 3.02. The average molecular weight is 310 g/mol. The second-order valence-electron chi connectivity index (χ2n) is 6.74. The van der Waals surface area contributed by atoms with Gasteiger partial charge in [-0.25, -0.2) is 10.7 Å². The molecule has 0 aliphatic heterocycles. The van der Waals surface area contributed by atoms with Crippen LogP contribution in [0.25, 0.3) is 0 Å². The Morgan fingerprint density at radius 1 is 1.23 bits per heavy atom. The van der Waals surface area contributed by atoms with Crippen molar-refractivity contribution >= 4 is 11.8 Å². The molecule has 0 saturated carbocycles. The van der Waals surface area contributed by atoms with E-state index in [0.29, 0.717) is 18.0 Å². The zero-order valence-corrected chi connectivity index (χ0v) is 14.1. The van der Waals surface area contributed by atoms with Gasteiger partial charge in [-0.1, -0.05) is 19.9 Å². The highest BCUT2D eigenvalue weighted by Crippen LogP contribution is 2.34. The van der Waals surface area contributed by atoms with E-state index in [2.05, 4.69) is 5.32 Å². The summed E-state index contributed by atoms with van der Waals surface area (Å²) in [7, 11) is 1.58. The summed E-state index contributed by atoms with van der Waals surface area (Å²) in [6.45, 7) is 9.78. The summed E-state index contributed by atoms with van der Waals surface area (Å²) in [5, 5.41) is 2.69. The summed E-state index contributed by atoms with van der Waals surface area (Å²) in [5.74, 6) is 5.83. The van der Waals surface area contributed by atoms with Crippen molar-refractivity contribution < 1.29 is 19.1 Å². The Kier molecular flexibility index (Phi) is 5.79. The van der Waals surface area contributed by atoms with Gasteiger partial charge in [-0.3, -0.25) is 5.32 Å². The predicted molar refractivity (Wildman–Crippen MR) is 86.0 cm³/mol. The Morgan fingerprint density at radius 3 is 2.36 bits per heavy atom. The molecular formula is C16H26N2O4. The van der Waals surface area contributed by atoms with Gasteiger partial charge in [0.1, 0.15) is 11.4 Å². The number of benzene rings is 1. The number of methoxy groups -OCH3 is 1. The van der Waals surface area contributed by atoms with Crippen LogP contribution in [0.3, 0.4) is 0 Å². The number of ether oxygens (including phenoxy) is 2. The number of anilines is 1. The average Bonchev–Trinajstić information content (AvgIpc) is 2.35. The van der Waals surface area contributed by atoms with Crippen LogP contribution in [0.5, 0.6) is 5.75 Å². The zero-order valence-electron chi connectivity index (χ0n) is 14.1. The fraction of sp³-hybridized carbons (Fsp3) is 0.562. The summed E-state index contributed by atoms with van der Waals surface area (Å²) < 4.78 is 10.6. The number of amides is 1. The van der Waals surface area contributed by atoms with Gasteiger partial charge in [0.2, 0.25) is 0 Å². The summed E-state index contributed by atoms with van der Waals surface area (Å²) in [5.41, 5.74) is 0.675. The highest BCUT2D eigenvalue weighted by Gasteiger charge is 2.25. The fourth-order valence-electron chi connectivity index (χ4n) is 2.04. The molecule has 0 spiro atoms. The molecule has 0 heterocycles. The molecule has 0 aliphatic carbocycles. The molecule has 6 nitrogen and oxygen atoms in total. The lowest BCUT2D eigenvalue weighted by atomic mass is 9.85. The topological polar surface area (TPSA) is 82.8 Å². The molecule has 22 heavy (non-hydrogen) atoms. The first-order chi connectivity index (χ1) is 10.1. The Labute approximate surface area is 131 Å². The SMILES string of the molecule is COc1cc(NC(=O)OC(C)(C)C)ccc1C(C)(C)CON. The van der Waals surface area contributed by atoms with Crippen LogP contribution in [0.15, 0.2) is 18.2 Å². The van der Waals surface area contributed by atoms with Crippen LogP contribution < -0.4 is 16.0 Å². The van der Waals surface area contributed by atoms with Crippen LogP contribution in [0, 0.1) is 0 Å². The number of rotatable bonds is 5. The van der Waals surface area contributed by atoms with Crippen LogP contribution in [0.2, 0.25) is 0 Å². The smallest absolute Gasteiger partial charge is 0.412 e. The lowest BCUT2D eigenvalue weighted by Gasteiger charge is -2.26. The summed E-state index contributed by atoms with van der Waals surface area (Å²) >= 11 is 0. The molecule has 0 bridgehead atoms. The molecule has 1 amide bonds. The zero-order chi connectivity index (χ0) is 17.0. The van der Waals surface area contributed by atoms with Gasteiger partial charge in [-0.05, 0) is 26.8 Å². The number of carbonyl (C=O) groups is 1. The van der Waals surface area contributed by atoms with Crippen molar-refractivity contribution in [2.24, 2.45) is 5.90 Å². The molecule has 0 aliphatic rings. The van der Waals surface area contributed by atoms with Crippen molar-refractivity contribution in [2.75, 3.05) is 19.0 Å². The van der Waals surface area contributed by atoms with E-state index < -0.39 is 11.7 Å². The van der Waals surface area contributed by atoms with Crippen molar-refractivity contribution in [1.82, 2.24) is 0 Å². The van der Waals surface area contributed by atoms with E-state index in [1.54, 1.807) is 19.2 Å². The maximum Gasteiger partial charge on any atom is 0.412 e. The summed E-state index contributed by atoms with van der Waals surface area (Å²) in [6.07, 6.45) is -0.508. The van der Waals surface area contributed by atoms with Crippen molar-refractivity contribution in [2.45, 2.75) is 45.6 Å². The largest absolute Gasteiger partial charge is 0.496 e. The summed E-state index contributed by atoms with van der Waals surface area (Å²) in [6, 6.07) is 5.42. The van der Waals surface area contributed by atoms with E-state index in [1.165, 1.54) is 0 Å². The third-order valence-electron chi connectivity index (χ3n) is 3.02. The molecule has 0 saturated heterocycles. The minimum absolute atomic E-state index is 0.315. The Bertz CT molecular complexity index is 521. The minimum Gasteiger partial charge on any atom is -0.496 e. The molecule has 124 valence electrons. The predicted octanol–water partition coefficient (Wildman–Crippen LogP) is 3.21. The second kappa shape index (κ2) is 6.98. The Hall–Kier alpha value is -1.79. The molecule has 1 aromatic rings. The van der Waals surface area contributed by atoms with Crippen LogP contribution in [0.4, 0.5) is 10.5 Å². The van der Waals surface area contributed by atoms with Crippen molar-refractivity contribution in [3.8, 4) is 5.75 Å². The van der Waals surface area contributed by atoms with Crippen molar-refractivity contribution in [3.63, 3.8) is 0 Å². The maximum atomic E-state index is 11.8. The molecule has 0 radical (unpaired) electrons. The van der Waals surface area contributed by atoms with Gasteiger partial charge in [-0.2, -0.15) is 0 Å². The van der Waals surface area contributed by atoms with E-state index >= 15 is 0 Å². The lowest BCUT2D eigenvalue weighted by molar-refractivity contribution is 0.0636. The van der Waals surface area contributed by atoms with Crippen LogP contribution in [-0.4, -0.2) is 25.4 Å². The van der Waals surface area contributed by atoms with Crippen LogP contribution in [0.1, 0.15) is 40.2 Å². The van der Waals surface area contributed by atoms with Gasteiger partial charge < -0.3 is 14.3 Å². The first-order valence-corrected chi connectivity index (χ1v) is 7.09. The normalized spacial score (nSPS) is 12.0. The van der Waals surface area contributed by atoms with Gasteiger partial charge in [0.25, 0.3) is 0 Å². The number of nitrogens with two attached hydrogens (primary N) is 1. The van der Waals surface area contributed by atoms with E-state index in [-0.39, 0.29) is 5.41 Å². The molecule has 0 aromatic heterocycles. The van der Waals surface area contributed by atoms with Crippen LogP contribution in [-0.2, 0) is 15.0 Å². The highest BCUT2D eigenvalue weighted by atomic mass is 16.6. The maximum absolute atomic E-state index is 11.8. The number of hydrogen-bond donors (Lipinski definition) is 2. The van der Waals surface area contributed by atoms with Gasteiger partial charge >= 0.3 is 6.09 Å². The van der Waals surface area contributed by atoms with Crippen LogP contribution >= 0.6 is 0 Å². The first-order valence-electron chi connectivity index (χ1n) is 7.09. The molecule has 1 aromatic carbocycles. The van der Waals surface area contributed by atoms with Gasteiger partial charge in [-0.15, -0.1) is 0 Å². The number of hydrogen-bond acceptors (Lipinski definition) is 5. The van der Waals surface area contributed by atoms with E-state index in [1.807, 2.05) is 40.7 Å². The Balaban J connectivity index is 2.96. The molecule has 0 atom stereocenters. The number of carbonyl (C=O) groups excluding carboxylic acids is 1. The molecular weight excluding hydrogens is 284 g/mol. The summed E-state index contributed by atoms with van der Waals surface area (Å²) in [4.78, 5) is 16.6. The quantitative estimate of drug-likeness (QED) is 0.816. The molecule has 1 rings (SSSR count). The van der Waals surface area contributed by atoms with Gasteiger partial charge in [0, 0.05) is 22.7 Å². The number of nitrogens with one attached hydrogen (secondary N) is 1. The Morgan fingerprint density at radius 2 is 1.86 bits per heavy atom. The molecule has 3 N–H and O–H groups in total. The minimum atomic E-state index is -0.547. The van der Waals surface area contributed by atoms with E-state index in [9.17, 15) is 4.79 Å². The fourth-order valence-corrected chi connectivity index (χ4v) is 2.04.